The van der Waals surface area contributed by atoms with Gasteiger partial charge in [0, 0.05) is 28.9 Å². The maximum Gasteiger partial charge on any atom is 0.417 e. The van der Waals surface area contributed by atoms with E-state index in [1.807, 2.05) is 6.92 Å². The topological polar surface area (TPSA) is 38.3 Å². The van der Waals surface area contributed by atoms with Gasteiger partial charge < -0.3 is 10.1 Å². The van der Waals surface area contributed by atoms with Crippen molar-refractivity contribution in [2.24, 2.45) is 5.41 Å². The van der Waals surface area contributed by atoms with Gasteiger partial charge in [-0.2, -0.15) is 13.2 Å². The predicted octanol–water partition coefficient (Wildman–Crippen LogP) is 4.18. The zero-order valence-electron chi connectivity index (χ0n) is 12.4. The molecule has 0 aliphatic heterocycles. The predicted molar refractivity (Wildman–Crippen MR) is 80.0 cm³/mol. The molecule has 0 saturated heterocycles. The monoisotopic (exact) mass is 333 g/mol. The maximum atomic E-state index is 13.2. The summed E-state index contributed by atoms with van der Waals surface area (Å²) < 4.78 is 44.3. The van der Waals surface area contributed by atoms with Crippen molar-refractivity contribution < 1.29 is 22.7 Å². The van der Waals surface area contributed by atoms with Gasteiger partial charge in [-0.05, 0) is 31.0 Å². The number of amides is 1. The van der Waals surface area contributed by atoms with E-state index < -0.39 is 17.2 Å². The van der Waals surface area contributed by atoms with Crippen molar-refractivity contribution in [3.05, 3.63) is 23.8 Å². The number of nitrogens with one attached hydrogen (secondary N) is 1. The van der Waals surface area contributed by atoms with Crippen LogP contribution in [0, 0.1) is 5.41 Å². The average Bonchev–Trinajstić information content (AvgIpc) is 3.19. The summed E-state index contributed by atoms with van der Waals surface area (Å²) in [5, 5.41) is 2.58. The Morgan fingerprint density at radius 1 is 1.41 bits per heavy atom. The van der Waals surface area contributed by atoms with Crippen molar-refractivity contribution in [2.45, 2.75) is 30.8 Å². The highest BCUT2D eigenvalue weighted by molar-refractivity contribution is 7.99. The molecule has 3 nitrogen and oxygen atoms in total. The van der Waals surface area contributed by atoms with Crippen LogP contribution in [0.2, 0.25) is 0 Å². The number of alkyl halides is 3. The molecule has 1 N–H and O–H groups in total. The molecule has 1 aromatic rings. The second kappa shape index (κ2) is 6.50. The number of halogens is 3. The van der Waals surface area contributed by atoms with Crippen LogP contribution in [0.15, 0.2) is 23.1 Å². The highest BCUT2D eigenvalue weighted by atomic mass is 32.2. The first-order chi connectivity index (χ1) is 10.3. The lowest BCUT2D eigenvalue weighted by molar-refractivity contribution is -0.139. The van der Waals surface area contributed by atoms with Crippen LogP contribution in [0.25, 0.3) is 0 Å². The molecule has 7 heteroatoms. The van der Waals surface area contributed by atoms with Crippen LogP contribution >= 0.6 is 11.8 Å². The van der Waals surface area contributed by atoms with Crippen molar-refractivity contribution in [3.63, 3.8) is 0 Å². The maximum absolute atomic E-state index is 13.2. The van der Waals surface area contributed by atoms with Crippen LogP contribution in [0.5, 0.6) is 0 Å². The number of methoxy groups -OCH3 is 1. The summed E-state index contributed by atoms with van der Waals surface area (Å²) in [6.45, 7) is 2.18. The number of anilines is 1. The number of ether oxygens (including phenoxy) is 1. The SMILES string of the molecule is COCCSc1ccc(NC(=O)C2(C)CC2)cc1C(F)(F)F. The first-order valence-electron chi connectivity index (χ1n) is 6.91. The summed E-state index contributed by atoms with van der Waals surface area (Å²) in [6, 6.07) is 3.90. The fraction of sp³-hybridized carbons (Fsp3) is 0.533. The molecule has 2 rings (SSSR count). The average molecular weight is 333 g/mol. The van der Waals surface area contributed by atoms with E-state index in [-0.39, 0.29) is 16.5 Å². The first kappa shape index (κ1) is 17.1. The lowest BCUT2D eigenvalue weighted by atomic mass is 10.1. The van der Waals surface area contributed by atoms with E-state index in [2.05, 4.69) is 5.32 Å². The van der Waals surface area contributed by atoms with Crippen molar-refractivity contribution in [1.82, 2.24) is 0 Å². The van der Waals surface area contributed by atoms with Gasteiger partial charge in [0.15, 0.2) is 0 Å². The third-order valence-corrected chi connectivity index (χ3v) is 4.67. The summed E-state index contributed by atoms with van der Waals surface area (Å²) in [4.78, 5) is 12.1. The molecule has 22 heavy (non-hydrogen) atoms. The highest BCUT2D eigenvalue weighted by Crippen LogP contribution is 2.46. The van der Waals surface area contributed by atoms with E-state index in [1.165, 1.54) is 19.2 Å². The number of hydrogen-bond donors (Lipinski definition) is 1. The molecule has 0 bridgehead atoms. The third-order valence-electron chi connectivity index (χ3n) is 3.64. The quantitative estimate of drug-likeness (QED) is 0.627. The Morgan fingerprint density at radius 2 is 2.09 bits per heavy atom. The van der Waals surface area contributed by atoms with Crippen LogP contribution in [-0.4, -0.2) is 25.4 Å². The number of benzene rings is 1. The fourth-order valence-corrected chi connectivity index (χ4v) is 2.85. The minimum absolute atomic E-state index is 0.139. The third kappa shape index (κ3) is 4.16. The molecular weight excluding hydrogens is 315 g/mol. The zero-order valence-corrected chi connectivity index (χ0v) is 13.2. The van der Waals surface area contributed by atoms with Gasteiger partial charge in [-0.15, -0.1) is 11.8 Å². The molecule has 1 fully saturated rings. The van der Waals surface area contributed by atoms with Crippen LogP contribution < -0.4 is 5.32 Å². The molecule has 0 radical (unpaired) electrons. The van der Waals surface area contributed by atoms with Crippen LogP contribution in [0.4, 0.5) is 18.9 Å². The molecule has 0 spiro atoms. The van der Waals surface area contributed by atoms with Gasteiger partial charge in [-0.25, -0.2) is 0 Å². The number of hydrogen-bond acceptors (Lipinski definition) is 3. The van der Waals surface area contributed by atoms with Gasteiger partial charge >= 0.3 is 6.18 Å². The van der Waals surface area contributed by atoms with E-state index in [0.29, 0.717) is 12.4 Å². The summed E-state index contributed by atoms with van der Waals surface area (Å²) >= 11 is 1.09. The number of carbonyl (C=O) groups excluding carboxylic acids is 1. The summed E-state index contributed by atoms with van der Waals surface area (Å²) in [6.07, 6.45) is -2.91. The van der Waals surface area contributed by atoms with Crippen LogP contribution in [0.1, 0.15) is 25.3 Å². The second-order valence-electron chi connectivity index (χ2n) is 5.56. The molecule has 0 unspecified atom stereocenters. The van der Waals surface area contributed by atoms with Gasteiger partial charge in [-0.3, -0.25) is 4.79 Å². The minimum atomic E-state index is -4.46. The van der Waals surface area contributed by atoms with E-state index in [4.69, 9.17) is 4.74 Å². The standard InChI is InChI=1S/C15H18F3NO2S/c1-14(5-6-14)13(20)19-10-3-4-12(22-8-7-21-2)11(9-10)15(16,17)18/h3-4,9H,5-8H2,1-2H3,(H,19,20). The van der Waals surface area contributed by atoms with Gasteiger partial charge in [0.05, 0.1) is 12.2 Å². The lowest BCUT2D eigenvalue weighted by Crippen LogP contribution is -2.21. The number of rotatable bonds is 6. The van der Waals surface area contributed by atoms with E-state index in [9.17, 15) is 18.0 Å². The summed E-state index contributed by atoms with van der Waals surface area (Å²) in [5.74, 6) is 0.212. The number of carbonyl (C=O) groups is 1. The minimum Gasteiger partial charge on any atom is -0.384 e. The molecular formula is C15H18F3NO2S. The Morgan fingerprint density at radius 3 is 2.64 bits per heavy atom. The Bertz CT molecular complexity index is 556. The largest absolute Gasteiger partial charge is 0.417 e. The zero-order chi connectivity index (χ0) is 16.4. The van der Waals surface area contributed by atoms with Gasteiger partial charge in [-0.1, -0.05) is 6.92 Å². The Labute approximate surface area is 131 Å². The Hall–Kier alpha value is -1.21. The molecule has 122 valence electrons. The van der Waals surface area contributed by atoms with E-state index >= 15 is 0 Å². The van der Waals surface area contributed by atoms with E-state index in [0.717, 1.165) is 30.7 Å². The molecule has 0 aromatic heterocycles. The lowest BCUT2D eigenvalue weighted by Gasteiger charge is -2.16. The van der Waals surface area contributed by atoms with Crippen molar-refractivity contribution in [3.8, 4) is 0 Å². The molecule has 1 aromatic carbocycles. The smallest absolute Gasteiger partial charge is 0.384 e. The highest BCUT2D eigenvalue weighted by Gasteiger charge is 2.45. The van der Waals surface area contributed by atoms with Gasteiger partial charge in [0.1, 0.15) is 0 Å². The molecule has 1 aliphatic rings. The van der Waals surface area contributed by atoms with Gasteiger partial charge in [0.2, 0.25) is 5.91 Å². The van der Waals surface area contributed by atoms with Crippen molar-refractivity contribution in [2.75, 3.05) is 24.8 Å². The number of thioether (sulfide) groups is 1. The molecule has 1 aliphatic carbocycles. The summed E-state index contributed by atoms with van der Waals surface area (Å²) in [5.41, 5.74) is -0.974. The van der Waals surface area contributed by atoms with Crippen LogP contribution in [0.3, 0.4) is 0 Å². The molecule has 0 heterocycles. The Balaban J connectivity index is 2.17. The molecule has 1 amide bonds. The second-order valence-corrected chi connectivity index (χ2v) is 6.70. The van der Waals surface area contributed by atoms with Crippen molar-refractivity contribution in [1.29, 1.82) is 0 Å². The first-order valence-corrected chi connectivity index (χ1v) is 7.89. The molecule has 1 saturated carbocycles. The summed E-state index contributed by atoms with van der Waals surface area (Å²) in [7, 11) is 1.50. The van der Waals surface area contributed by atoms with Crippen molar-refractivity contribution >= 4 is 23.4 Å². The fourth-order valence-electron chi connectivity index (χ4n) is 1.89. The Kier molecular flexibility index (Phi) is 5.07. The molecule has 0 atom stereocenters. The van der Waals surface area contributed by atoms with E-state index in [1.54, 1.807) is 0 Å². The van der Waals surface area contributed by atoms with Gasteiger partial charge in [0.25, 0.3) is 0 Å². The normalized spacial score (nSPS) is 16.4. The van der Waals surface area contributed by atoms with Crippen LogP contribution in [-0.2, 0) is 15.7 Å².